The first-order valence-electron chi connectivity index (χ1n) is 6.08. The Morgan fingerprint density at radius 3 is 2.55 bits per heavy atom. The molecular weight excluding hydrogens is 316 g/mol. The average molecular weight is 327 g/mol. The van der Waals surface area contributed by atoms with Crippen molar-refractivity contribution in [2.24, 2.45) is 5.10 Å². The number of hydrazone groups is 1. The largest absolute Gasteiger partial charge is 0.260 e. The molecule has 0 radical (unpaired) electrons. The van der Waals surface area contributed by atoms with E-state index < -0.39 is 0 Å². The van der Waals surface area contributed by atoms with E-state index in [1.807, 2.05) is 48.5 Å². The van der Waals surface area contributed by atoms with Crippen LogP contribution in [0.3, 0.4) is 0 Å². The highest BCUT2D eigenvalue weighted by molar-refractivity contribution is 9.10. The van der Waals surface area contributed by atoms with E-state index in [4.69, 9.17) is 0 Å². The molecule has 0 aliphatic rings. The van der Waals surface area contributed by atoms with E-state index in [9.17, 15) is 0 Å². The molecule has 4 nitrogen and oxygen atoms in total. The summed E-state index contributed by atoms with van der Waals surface area (Å²) in [6.45, 7) is 0. The number of rotatable bonds is 3. The Morgan fingerprint density at radius 1 is 1.00 bits per heavy atom. The van der Waals surface area contributed by atoms with E-state index in [1.54, 1.807) is 12.4 Å². The van der Waals surface area contributed by atoms with Crippen molar-refractivity contribution in [1.29, 1.82) is 0 Å². The lowest BCUT2D eigenvalue weighted by atomic mass is 10.2. The maximum absolute atomic E-state index is 4.43. The van der Waals surface area contributed by atoms with Crippen molar-refractivity contribution >= 4 is 39.0 Å². The number of aromatic nitrogens is 2. The van der Waals surface area contributed by atoms with Gasteiger partial charge in [-0.05, 0) is 29.8 Å². The lowest BCUT2D eigenvalue weighted by Gasteiger charge is -2.01. The second-order valence-corrected chi connectivity index (χ2v) is 5.08. The minimum Gasteiger partial charge on any atom is -0.260 e. The number of halogens is 1. The molecule has 3 rings (SSSR count). The number of anilines is 1. The van der Waals surface area contributed by atoms with Crippen molar-refractivity contribution in [3.8, 4) is 0 Å². The van der Waals surface area contributed by atoms with E-state index in [-0.39, 0.29) is 0 Å². The maximum atomic E-state index is 4.43. The maximum Gasteiger partial charge on any atom is 0.165 e. The average Bonchev–Trinajstić information content (AvgIpc) is 2.49. The lowest BCUT2D eigenvalue weighted by molar-refractivity contribution is 1.22. The van der Waals surface area contributed by atoms with E-state index in [2.05, 4.69) is 36.4 Å². The number of benzene rings is 2. The Balaban J connectivity index is 1.74. The molecule has 0 fully saturated rings. The summed E-state index contributed by atoms with van der Waals surface area (Å²) in [6, 6.07) is 15.6. The van der Waals surface area contributed by atoms with Crippen LogP contribution in [0.4, 0.5) is 5.82 Å². The molecule has 1 N–H and O–H groups in total. The summed E-state index contributed by atoms with van der Waals surface area (Å²) in [6.07, 6.45) is 3.41. The minimum atomic E-state index is 0.622. The molecule has 98 valence electrons. The Morgan fingerprint density at radius 2 is 1.75 bits per heavy atom. The summed E-state index contributed by atoms with van der Waals surface area (Å²) < 4.78 is 1.04. The lowest BCUT2D eigenvalue weighted by Crippen LogP contribution is -1.95. The number of hydrogen-bond acceptors (Lipinski definition) is 4. The van der Waals surface area contributed by atoms with Gasteiger partial charge in [-0.2, -0.15) is 5.10 Å². The summed E-state index contributed by atoms with van der Waals surface area (Å²) >= 11 is 3.39. The molecule has 0 bridgehead atoms. The highest BCUT2D eigenvalue weighted by atomic mass is 79.9. The first kappa shape index (κ1) is 12.7. The fourth-order valence-electron chi connectivity index (χ4n) is 1.73. The van der Waals surface area contributed by atoms with Crippen molar-refractivity contribution < 1.29 is 0 Å². The van der Waals surface area contributed by atoms with Crippen LogP contribution in [0.5, 0.6) is 0 Å². The number of hydrogen-bond donors (Lipinski definition) is 1. The minimum absolute atomic E-state index is 0.622. The molecule has 20 heavy (non-hydrogen) atoms. The van der Waals surface area contributed by atoms with Crippen LogP contribution >= 0.6 is 15.9 Å². The van der Waals surface area contributed by atoms with Crippen LogP contribution < -0.4 is 5.43 Å². The normalized spacial score (nSPS) is 11.1. The monoisotopic (exact) mass is 326 g/mol. The molecule has 1 heterocycles. The molecule has 3 aromatic rings. The van der Waals surface area contributed by atoms with Crippen molar-refractivity contribution in [1.82, 2.24) is 9.97 Å². The van der Waals surface area contributed by atoms with Gasteiger partial charge in [0.25, 0.3) is 0 Å². The summed E-state index contributed by atoms with van der Waals surface area (Å²) in [4.78, 5) is 8.74. The topological polar surface area (TPSA) is 50.2 Å². The van der Waals surface area contributed by atoms with Crippen LogP contribution in [0.25, 0.3) is 11.0 Å². The standard InChI is InChI=1S/C15H11BrN4/c16-12-7-5-11(6-8-12)9-18-20-15-10-17-13-3-1-2-4-14(13)19-15/h1-10H,(H,19,20)/b18-9+. The molecule has 1 aromatic heterocycles. The Labute approximate surface area is 124 Å². The zero-order valence-corrected chi connectivity index (χ0v) is 12.1. The third kappa shape index (κ3) is 3.00. The van der Waals surface area contributed by atoms with Crippen LogP contribution in [-0.2, 0) is 0 Å². The van der Waals surface area contributed by atoms with Gasteiger partial charge in [-0.3, -0.25) is 10.4 Å². The molecule has 0 saturated heterocycles. The number of nitrogens with one attached hydrogen (secondary N) is 1. The first-order chi connectivity index (χ1) is 9.81. The van der Waals surface area contributed by atoms with Gasteiger partial charge in [0.05, 0.1) is 23.4 Å². The summed E-state index contributed by atoms with van der Waals surface area (Å²) in [5, 5.41) is 4.16. The number of para-hydroxylation sites is 2. The number of fused-ring (bicyclic) bond motifs is 1. The fourth-order valence-corrected chi connectivity index (χ4v) is 2.00. The highest BCUT2D eigenvalue weighted by Crippen LogP contribution is 2.11. The van der Waals surface area contributed by atoms with Crippen LogP contribution in [-0.4, -0.2) is 16.2 Å². The summed E-state index contributed by atoms with van der Waals surface area (Å²) in [5.74, 6) is 0.622. The zero-order valence-electron chi connectivity index (χ0n) is 10.5. The number of nitrogens with zero attached hydrogens (tertiary/aromatic N) is 3. The quantitative estimate of drug-likeness (QED) is 0.587. The molecule has 5 heteroatoms. The van der Waals surface area contributed by atoms with Gasteiger partial charge in [-0.1, -0.05) is 40.2 Å². The van der Waals surface area contributed by atoms with E-state index >= 15 is 0 Å². The molecular formula is C15H11BrN4. The SMILES string of the molecule is Brc1ccc(/C=N/Nc2cnc3ccccc3n2)cc1. The van der Waals surface area contributed by atoms with E-state index in [0.717, 1.165) is 21.1 Å². The van der Waals surface area contributed by atoms with Crippen LogP contribution in [0.1, 0.15) is 5.56 Å². The third-order valence-corrected chi connectivity index (χ3v) is 3.24. The predicted octanol–water partition coefficient (Wildman–Crippen LogP) is 3.84. The van der Waals surface area contributed by atoms with Crippen molar-refractivity contribution in [2.45, 2.75) is 0 Å². The molecule has 0 aliphatic heterocycles. The Kier molecular flexibility index (Phi) is 3.69. The smallest absolute Gasteiger partial charge is 0.165 e. The van der Waals surface area contributed by atoms with Crippen LogP contribution in [0.15, 0.2) is 64.3 Å². The van der Waals surface area contributed by atoms with E-state index in [0.29, 0.717) is 5.82 Å². The predicted molar refractivity (Wildman–Crippen MR) is 84.9 cm³/mol. The highest BCUT2D eigenvalue weighted by Gasteiger charge is 1.97. The molecule has 0 amide bonds. The van der Waals surface area contributed by atoms with Gasteiger partial charge in [0.2, 0.25) is 0 Å². The fraction of sp³-hybridized carbons (Fsp3) is 0. The molecule has 0 atom stereocenters. The summed E-state index contributed by atoms with van der Waals surface area (Å²) in [5.41, 5.74) is 5.61. The first-order valence-corrected chi connectivity index (χ1v) is 6.87. The Hall–Kier alpha value is -2.27. The van der Waals surface area contributed by atoms with Gasteiger partial charge in [0.15, 0.2) is 5.82 Å². The van der Waals surface area contributed by atoms with Crippen molar-refractivity contribution in [2.75, 3.05) is 5.43 Å². The van der Waals surface area contributed by atoms with Gasteiger partial charge < -0.3 is 0 Å². The van der Waals surface area contributed by atoms with Gasteiger partial charge in [0.1, 0.15) is 0 Å². The van der Waals surface area contributed by atoms with Gasteiger partial charge in [-0.25, -0.2) is 4.98 Å². The van der Waals surface area contributed by atoms with Crippen LogP contribution in [0, 0.1) is 0 Å². The molecule has 0 aliphatic carbocycles. The third-order valence-electron chi connectivity index (χ3n) is 2.71. The van der Waals surface area contributed by atoms with Crippen molar-refractivity contribution in [3.63, 3.8) is 0 Å². The second kappa shape index (κ2) is 5.79. The molecule has 0 saturated carbocycles. The molecule has 0 unspecified atom stereocenters. The second-order valence-electron chi connectivity index (χ2n) is 4.17. The van der Waals surface area contributed by atoms with Crippen LogP contribution in [0.2, 0.25) is 0 Å². The van der Waals surface area contributed by atoms with Gasteiger partial charge in [0, 0.05) is 4.47 Å². The zero-order chi connectivity index (χ0) is 13.8. The van der Waals surface area contributed by atoms with Gasteiger partial charge >= 0.3 is 0 Å². The molecule has 2 aromatic carbocycles. The van der Waals surface area contributed by atoms with Crippen molar-refractivity contribution in [3.05, 3.63) is 64.8 Å². The van der Waals surface area contributed by atoms with Gasteiger partial charge in [-0.15, -0.1) is 0 Å². The van der Waals surface area contributed by atoms with E-state index in [1.165, 1.54) is 0 Å². The Bertz CT molecular complexity index is 753. The molecule has 0 spiro atoms. The summed E-state index contributed by atoms with van der Waals surface area (Å²) in [7, 11) is 0.